The standard InChI is InChI=1S/C6H12BO3/c1-5(2)6(3,4)10-7(8)9-5/h1-4H3/q-1. The summed E-state index contributed by atoms with van der Waals surface area (Å²) in [4.78, 5) is 0. The summed E-state index contributed by atoms with van der Waals surface area (Å²) in [6.07, 6.45) is 0. The Bertz CT molecular complexity index is 128. The highest BCUT2D eigenvalue weighted by Gasteiger charge is 2.45. The van der Waals surface area contributed by atoms with Crippen molar-refractivity contribution in [2.75, 3.05) is 0 Å². The zero-order valence-electron chi connectivity index (χ0n) is 6.80. The van der Waals surface area contributed by atoms with E-state index in [9.17, 15) is 5.02 Å². The second kappa shape index (κ2) is 1.97. The summed E-state index contributed by atoms with van der Waals surface area (Å²) in [6, 6.07) is 0. The highest BCUT2D eigenvalue weighted by molar-refractivity contribution is 6.33. The van der Waals surface area contributed by atoms with Gasteiger partial charge in [-0.3, -0.25) is 0 Å². The van der Waals surface area contributed by atoms with Gasteiger partial charge in [0.2, 0.25) is 0 Å². The molecule has 0 radical (unpaired) electrons. The normalized spacial score (nSPS) is 29.1. The summed E-state index contributed by atoms with van der Waals surface area (Å²) in [5, 5.41) is 10.7. The van der Waals surface area contributed by atoms with Gasteiger partial charge >= 0.3 is 7.32 Å². The first-order chi connectivity index (χ1) is 4.35. The molecule has 0 aromatic heterocycles. The molecule has 1 saturated heterocycles. The van der Waals surface area contributed by atoms with Crippen molar-refractivity contribution in [2.45, 2.75) is 38.9 Å². The Morgan fingerprint density at radius 3 is 1.40 bits per heavy atom. The maximum absolute atomic E-state index is 10.7. The molecule has 0 unspecified atom stereocenters. The van der Waals surface area contributed by atoms with Crippen LogP contribution in [0, 0.1) is 0 Å². The lowest BCUT2D eigenvalue weighted by atomic mass is 9.90. The molecule has 0 bridgehead atoms. The van der Waals surface area contributed by atoms with Crippen LogP contribution in [0.2, 0.25) is 0 Å². The van der Waals surface area contributed by atoms with Crippen molar-refractivity contribution in [1.82, 2.24) is 0 Å². The van der Waals surface area contributed by atoms with E-state index in [2.05, 4.69) is 0 Å². The molecule has 0 aromatic rings. The maximum Gasteiger partial charge on any atom is 0.346 e. The fourth-order valence-corrected chi connectivity index (χ4v) is 0.789. The van der Waals surface area contributed by atoms with Gasteiger partial charge in [0.15, 0.2) is 0 Å². The Morgan fingerprint density at radius 2 is 1.30 bits per heavy atom. The van der Waals surface area contributed by atoms with Gasteiger partial charge in [0.05, 0.1) is 11.2 Å². The van der Waals surface area contributed by atoms with Crippen LogP contribution in [0.5, 0.6) is 0 Å². The summed E-state index contributed by atoms with van der Waals surface area (Å²) in [5.41, 5.74) is -0.946. The van der Waals surface area contributed by atoms with Crippen LogP contribution in [-0.2, 0) is 9.31 Å². The third-order valence-electron chi connectivity index (χ3n) is 2.23. The Balaban J connectivity index is 2.78. The minimum Gasteiger partial charge on any atom is -0.832 e. The van der Waals surface area contributed by atoms with Gasteiger partial charge in [-0.25, -0.2) is 0 Å². The molecule has 0 N–H and O–H groups in total. The van der Waals surface area contributed by atoms with Gasteiger partial charge in [-0.1, -0.05) is 0 Å². The second-order valence-corrected chi connectivity index (χ2v) is 3.54. The van der Waals surface area contributed by atoms with Crippen LogP contribution in [0.3, 0.4) is 0 Å². The maximum atomic E-state index is 10.7. The van der Waals surface area contributed by atoms with E-state index in [0.717, 1.165) is 0 Å². The lowest BCUT2D eigenvalue weighted by molar-refractivity contribution is -0.246. The van der Waals surface area contributed by atoms with Crippen molar-refractivity contribution < 1.29 is 14.3 Å². The third-order valence-corrected chi connectivity index (χ3v) is 2.23. The van der Waals surface area contributed by atoms with Crippen molar-refractivity contribution in [1.29, 1.82) is 0 Å². The van der Waals surface area contributed by atoms with E-state index in [1.807, 2.05) is 27.7 Å². The van der Waals surface area contributed by atoms with Crippen LogP contribution in [0.15, 0.2) is 0 Å². The van der Waals surface area contributed by atoms with Crippen LogP contribution >= 0.6 is 0 Å². The average Bonchev–Trinajstić information content (AvgIpc) is 1.73. The monoisotopic (exact) mass is 143 g/mol. The molecule has 58 valence electrons. The van der Waals surface area contributed by atoms with Crippen molar-refractivity contribution in [3.8, 4) is 0 Å². The molecule has 3 nitrogen and oxygen atoms in total. The van der Waals surface area contributed by atoms with Crippen molar-refractivity contribution >= 4 is 7.32 Å². The van der Waals surface area contributed by atoms with Gasteiger partial charge in [0.1, 0.15) is 0 Å². The van der Waals surface area contributed by atoms with Crippen molar-refractivity contribution in [3.63, 3.8) is 0 Å². The van der Waals surface area contributed by atoms with E-state index in [-0.39, 0.29) is 0 Å². The molecule has 0 atom stereocenters. The summed E-state index contributed by atoms with van der Waals surface area (Å²) >= 11 is 0. The zero-order valence-corrected chi connectivity index (χ0v) is 6.80. The first kappa shape index (κ1) is 8.05. The molecule has 1 fully saturated rings. The van der Waals surface area contributed by atoms with Gasteiger partial charge < -0.3 is 14.3 Å². The average molecular weight is 143 g/mol. The molecular formula is C6H12BO3-. The molecule has 0 aromatic carbocycles. The SMILES string of the molecule is CC1(C)OB([O-])OC1(C)C. The summed E-state index contributed by atoms with van der Waals surface area (Å²) in [6.45, 7) is 7.41. The van der Waals surface area contributed by atoms with E-state index in [4.69, 9.17) is 9.31 Å². The molecule has 4 heteroatoms. The molecule has 0 amide bonds. The van der Waals surface area contributed by atoms with Crippen LogP contribution in [0.25, 0.3) is 0 Å². The van der Waals surface area contributed by atoms with Crippen LogP contribution in [0.4, 0.5) is 0 Å². The first-order valence-electron chi connectivity index (χ1n) is 3.37. The molecule has 1 rings (SSSR count). The highest BCUT2D eigenvalue weighted by atomic mass is 16.7. The predicted molar refractivity (Wildman–Crippen MR) is 36.1 cm³/mol. The van der Waals surface area contributed by atoms with Crippen LogP contribution in [-0.4, -0.2) is 18.5 Å². The van der Waals surface area contributed by atoms with E-state index in [0.29, 0.717) is 0 Å². The molecule has 0 aliphatic carbocycles. The van der Waals surface area contributed by atoms with Crippen LogP contribution in [0.1, 0.15) is 27.7 Å². The van der Waals surface area contributed by atoms with E-state index in [1.54, 1.807) is 0 Å². The smallest absolute Gasteiger partial charge is 0.346 e. The second-order valence-electron chi connectivity index (χ2n) is 3.54. The number of hydrogen-bond acceptors (Lipinski definition) is 3. The largest absolute Gasteiger partial charge is 0.832 e. The minimum absolute atomic E-state index is 0.473. The lowest BCUT2D eigenvalue weighted by Crippen LogP contribution is -2.41. The van der Waals surface area contributed by atoms with E-state index in [1.165, 1.54) is 0 Å². The molecule has 0 saturated carbocycles. The summed E-state index contributed by atoms with van der Waals surface area (Å²) < 4.78 is 9.97. The number of hydrogen-bond donors (Lipinski definition) is 0. The summed E-state index contributed by atoms with van der Waals surface area (Å²) in [7, 11) is -1.31. The van der Waals surface area contributed by atoms with Gasteiger partial charge in [-0.2, -0.15) is 0 Å². The third kappa shape index (κ3) is 1.07. The predicted octanol–water partition coefficient (Wildman–Crippen LogP) is -0.0644. The van der Waals surface area contributed by atoms with Gasteiger partial charge in [-0.05, 0) is 27.7 Å². The Hall–Kier alpha value is -0.0551. The van der Waals surface area contributed by atoms with Gasteiger partial charge in [-0.15, -0.1) is 0 Å². The molecule has 1 aliphatic rings. The topological polar surface area (TPSA) is 41.5 Å². The van der Waals surface area contributed by atoms with Crippen molar-refractivity contribution in [3.05, 3.63) is 0 Å². The molecular weight excluding hydrogens is 131 g/mol. The first-order valence-corrected chi connectivity index (χ1v) is 3.37. The molecule has 10 heavy (non-hydrogen) atoms. The van der Waals surface area contributed by atoms with Crippen molar-refractivity contribution in [2.24, 2.45) is 0 Å². The zero-order chi connectivity index (χ0) is 7.99. The molecule has 1 aliphatic heterocycles. The van der Waals surface area contributed by atoms with Gasteiger partial charge in [0.25, 0.3) is 0 Å². The lowest BCUT2D eigenvalue weighted by Gasteiger charge is -2.32. The fourth-order valence-electron chi connectivity index (χ4n) is 0.789. The quantitative estimate of drug-likeness (QED) is 0.446. The molecule has 1 heterocycles. The highest BCUT2D eigenvalue weighted by Crippen LogP contribution is 2.34. The Morgan fingerprint density at radius 1 is 1.00 bits per heavy atom. The minimum atomic E-state index is -1.31. The van der Waals surface area contributed by atoms with E-state index < -0.39 is 18.5 Å². The Labute approximate surface area is 61.5 Å². The summed E-state index contributed by atoms with van der Waals surface area (Å²) in [5.74, 6) is 0. The van der Waals surface area contributed by atoms with E-state index >= 15 is 0 Å². The fraction of sp³-hybridized carbons (Fsp3) is 1.00. The molecule has 0 spiro atoms. The van der Waals surface area contributed by atoms with Gasteiger partial charge in [0, 0.05) is 0 Å². The van der Waals surface area contributed by atoms with Crippen LogP contribution < -0.4 is 5.02 Å². The Kier molecular flexibility index (Phi) is 1.58. The number of rotatable bonds is 0.